The van der Waals surface area contributed by atoms with Crippen LogP contribution in [0.1, 0.15) is 19.4 Å². The van der Waals surface area contributed by atoms with E-state index < -0.39 is 0 Å². The quantitative estimate of drug-likeness (QED) is 0.428. The van der Waals surface area contributed by atoms with E-state index in [0.717, 1.165) is 29.9 Å². The second-order valence-electron chi connectivity index (χ2n) is 7.07. The molecule has 9 heteroatoms. The largest absolute Gasteiger partial charge is 0.454 e. The molecule has 0 bridgehead atoms. The Balaban J connectivity index is 0.00000289. The number of nitrogens with zero attached hydrogens (tertiary/aromatic N) is 3. The smallest absolute Gasteiger partial charge is 0.252 e. The topological polar surface area (TPSA) is 54.9 Å². The van der Waals surface area contributed by atoms with Crippen molar-refractivity contribution < 1.29 is 18.7 Å². The van der Waals surface area contributed by atoms with Crippen LogP contribution in [0.3, 0.4) is 0 Å². The first-order valence-electron chi connectivity index (χ1n) is 10.2. The van der Waals surface area contributed by atoms with Crippen molar-refractivity contribution in [2.24, 2.45) is 0 Å². The average Bonchev–Trinajstić information content (AvgIpc) is 3.41. The lowest BCUT2D eigenvalue weighted by atomic mass is 10.2. The average molecular weight is 478 g/mol. The van der Waals surface area contributed by atoms with E-state index in [1.54, 1.807) is 17.0 Å². The normalized spacial score (nSPS) is 12.5. The molecule has 1 aromatic heterocycles. The van der Waals surface area contributed by atoms with Crippen molar-refractivity contribution in [1.29, 1.82) is 0 Å². The summed E-state index contributed by atoms with van der Waals surface area (Å²) in [4.78, 5) is 21.6. The first kappa shape index (κ1) is 24.0. The number of halogens is 2. The van der Waals surface area contributed by atoms with Crippen LogP contribution in [-0.2, 0) is 4.79 Å². The summed E-state index contributed by atoms with van der Waals surface area (Å²) >= 11 is 1.32. The van der Waals surface area contributed by atoms with Crippen molar-refractivity contribution in [3.8, 4) is 11.5 Å². The number of hydrogen-bond acceptors (Lipinski definition) is 6. The molecule has 6 nitrogen and oxygen atoms in total. The molecule has 2 heterocycles. The zero-order valence-corrected chi connectivity index (χ0v) is 19.5. The summed E-state index contributed by atoms with van der Waals surface area (Å²) in [7, 11) is 0. The van der Waals surface area contributed by atoms with E-state index in [0.29, 0.717) is 28.7 Å². The predicted molar refractivity (Wildman–Crippen MR) is 129 cm³/mol. The number of amides is 1. The van der Waals surface area contributed by atoms with Crippen LogP contribution in [0.15, 0.2) is 42.5 Å². The molecule has 0 saturated carbocycles. The van der Waals surface area contributed by atoms with E-state index in [4.69, 9.17) is 9.47 Å². The number of anilines is 1. The molecule has 2 aromatic carbocycles. The van der Waals surface area contributed by atoms with Crippen molar-refractivity contribution in [3.63, 3.8) is 0 Å². The molecule has 4 rings (SSSR count). The van der Waals surface area contributed by atoms with Crippen molar-refractivity contribution in [2.45, 2.75) is 13.8 Å². The van der Waals surface area contributed by atoms with Crippen molar-refractivity contribution in [1.82, 2.24) is 9.88 Å². The van der Waals surface area contributed by atoms with Crippen molar-refractivity contribution in [2.75, 3.05) is 37.9 Å². The molecule has 170 valence electrons. The number of aromatic nitrogens is 1. The van der Waals surface area contributed by atoms with Crippen LogP contribution in [0.4, 0.5) is 9.52 Å². The molecule has 0 spiro atoms. The molecular formula is C23H25ClFN3O3S. The minimum Gasteiger partial charge on any atom is -0.454 e. The van der Waals surface area contributed by atoms with E-state index in [-0.39, 0.29) is 30.9 Å². The molecular weight excluding hydrogens is 453 g/mol. The fourth-order valence-corrected chi connectivity index (χ4v) is 4.38. The first-order chi connectivity index (χ1) is 15.1. The van der Waals surface area contributed by atoms with E-state index in [9.17, 15) is 9.18 Å². The Morgan fingerprint density at radius 1 is 1.12 bits per heavy atom. The Labute approximate surface area is 196 Å². The van der Waals surface area contributed by atoms with Crippen LogP contribution in [-0.4, -0.2) is 48.8 Å². The fourth-order valence-electron chi connectivity index (χ4n) is 3.36. The van der Waals surface area contributed by atoms with Gasteiger partial charge in [0.15, 0.2) is 16.6 Å². The molecule has 0 unspecified atom stereocenters. The van der Waals surface area contributed by atoms with Gasteiger partial charge in [0.25, 0.3) is 5.91 Å². The van der Waals surface area contributed by atoms with E-state index in [1.165, 1.54) is 29.5 Å². The molecule has 0 radical (unpaired) electrons. The summed E-state index contributed by atoms with van der Waals surface area (Å²) in [5.41, 5.74) is 1.52. The summed E-state index contributed by atoms with van der Waals surface area (Å²) < 4.78 is 25.1. The summed E-state index contributed by atoms with van der Waals surface area (Å²) in [5.74, 6) is 0.878. The van der Waals surface area contributed by atoms with E-state index in [2.05, 4.69) is 23.7 Å². The van der Waals surface area contributed by atoms with Gasteiger partial charge >= 0.3 is 0 Å². The SMILES string of the molecule is CCN(CC)CCN(C(=O)C=Cc1ccc2c(c1)OCO2)c1nc2ccc(F)cc2s1.Cl. The van der Waals surface area contributed by atoms with Crippen LogP contribution in [0, 0.1) is 5.82 Å². The van der Waals surface area contributed by atoms with Gasteiger partial charge in [0.1, 0.15) is 5.82 Å². The Morgan fingerprint density at radius 3 is 2.69 bits per heavy atom. The number of fused-ring (bicyclic) bond motifs is 2. The second kappa shape index (κ2) is 10.8. The van der Waals surface area contributed by atoms with Crippen LogP contribution >= 0.6 is 23.7 Å². The third-order valence-corrected chi connectivity index (χ3v) is 6.23. The number of carbonyl (C=O) groups is 1. The fraction of sp³-hybridized carbons (Fsp3) is 0.304. The molecule has 1 aliphatic heterocycles. The molecule has 0 aliphatic carbocycles. The Hall–Kier alpha value is -2.68. The molecule has 0 fully saturated rings. The first-order valence-corrected chi connectivity index (χ1v) is 11.1. The number of likely N-dealkylation sites (N-methyl/N-ethyl adjacent to an activating group) is 1. The minimum absolute atomic E-state index is 0. The zero-order valence-electron chi connectivity index (χ0n) is 17.9. The highest BCUT2D eigenvalue weighted by Gasteiger charge is 2.19. The lowest BCUT2D eigenvalue weighted by molar-refractivity contribution is -0.114. The van der Waals surface area contributed by atoms with Crippen LogP contribution in [0.2, 0.25) is 0 Å². The summed E-state index contributed by atoms with van der Waals surface area (Å²) in [5, 5.41) is 0.563. The minimum atomic E-state index is -0.313. The number of benzene rings is 2. The van der Waals surface area contributed by atoms with Crippen molar-refractivity contribution in [3.05, 3.63) is 53.9 Å². The highest BCUT2D eigenvalue weighted by molar-refractivity contribution is 7.22. The molecule has 32 heavy (non-hydrogen) atoms. The van der Waals surface area contributed by atoms with Crippen LogP contribution < -0.4 is 14.4 Å². The maximum atomic E-state index is 13.6. The standard InChI is InChI=1S/C23H24FN3O3S.ClH/c1-3-26(4-2)11-12-27(23-25-18-8-7-17(24)14-21(18)31-23)22(28)10-6-16-5-9-19-20(13-16)30-15-29-19;/h5-10,13-14H,3-4,11-12,15H2,1-2H3;1H. The van der Waals surface area contributed by atoms with Gasteiger partial charge < -0.3 is 14.4 Å². The lowest BCUT2D eigenvalue weighted by Gasteiger charge is -2.23. The third-order valence-electron chi connectivity index (χ3n) is 5.19. The maximum Gasteiger partial charge on any atom is 0.252 e. The van der Waals surface area contributed by atoms with Gasteiger partial charge in [-0.25, -0.2) is 9.37 Å². The maximum absolute atomic E-state index is 13.6. The van der Waals surface area contributed by atoms with E-state index in [1.807, 2.05) is 18.2 Å². The third kappa shape index (κ3) is 5.38. The molecule has 3 aromatic rings. The number of carbonyl (C=O) groups excluding carboxylic acids is 1. The van der Waals surface area contributed by atoms with Gasteiger partial charge in [-0.3, -0.25) is 9.69 Å². The lowest BCUT2D eigenvalue weighted by Crippen LogP contribution is -2.38. The molecule has 1 aliphatic rings. The van der Waals surface area contributed by atoms with Gasteiger partial charge in [0.05, 0.1) is 10.2 Å². The van der Waals surface area contributed by atoms with Crippen LogP contribution in [0.25, 0.3) is 16.3 Å². The van der Waals surface area contributed by atoms with Gasteiger partial charge in [0, 0.05) is 19.2 Å². The Kier molecular flexibility index (Phi) is 8.06. The molecule has 0 saturated heterocycles. The van der Waals surface area contributed by atoms with Gasteiger partial charge in [-0.05, 0) is 55.1 Å². The summed E-state index contributed by atoms with van der Waals surface area (Å²) in [6.07, 6.45) is 3.29. The van der Waals surface area contributed by atoms with E-state index >= 15 is 0 Å². The number of thiazole rings is 1. The summed E-state index contributed by atoms with van der Waals surface area (Å²) in [6.45, 7) is 7.41. The Bertz CT molecular complexity index is 1120. The van der Waals surface area contributed by atoms with Gasteiger partial charge in [-0.2, -0.15) is 0 Å². The molecule has 0 atom stereocenters. The van der Waals surface area contributed by atoms with Gasteiger partial charge in [-0.15, -0.1) is 12.4 Å². The van der Waals surface area contributed by atoms with Gasteiger partial charge in [0.2, 0.25) is 6.79 Å². The highest BCUT2D eigenvalue weighted by Crippen LogP contribution is 2.33. The second-order valence-corrected chi connectivity index (χ2v) is 8.08. The summed E-state index contributed by atoms with van der Waals surface area (Å²) in [6, 6.07) is 10.0. The number of rotatable bonds is 8. The van der Waals surface area contributed by atoms with Crippen molar-refractivity contribution >= 4 is 51.1 Å². The Morgan fingerprint density at radius 2 is 1.91 bits per heavy atom. The zero-order chi connectivity index (χ0) is 21.8. The highest BCUT2D eigenvalue weighted by atomic mass is 35.5. The monoisotopic (exact) mass is 477 g/mol. The van der Waals surface area contributed by atoms with Gasteiger partial charge in [-0.1, -0.05) is 31.3 Å². The number of ether oxygens (including phenoxy) is 2. The predicted octanol–water partition coefficient (Wildman–Crippen LogP) is 4.97. The number of hydrogen-bond donors (Lipinski definition) is 0. The van der Waals surface area contributed by atoms with Crippen LogP contribution in [0.5, 0.6) is 11.5 Å². The molecule has 0 N–H and O–H groups in total. The molecule has 1 amide bonds.